The fourth-order valence-corrected chi connectivity index (χ4v) is 4.21. The molecule has 0 spiro atoms. The number of aliphatic hydroxyl groups excluding tert-OH is 1. The Morgan fingerprint density at radius 3 is 2.32 bits per heavy atom. The van der Waals surface area contributed by atoms with E-state index in [0.29, 0.717) is 30.8 Å². The second-order valence-corrected chi connectivity index (χ2v) is 8.81. The molecule has 186 valence electrons. The number of aliphatic hydroxyl groups is 1. The van der Waals surface area contributed by atoms with Crippen molar-refractivity contribution in [1.82, 2.24) is 19.9 Å². The summed E-state index contributed by atoms with van der Waals surface area (Å²) in [5.74, 6) is 0.485. The smallest absolute Gasteiger partial charge is 0.270 e. The lowest BCUT2D eigenvalue weighted by molar-refractivity contribution is 0.0925. The molecular formula is C30H28N4O3. The molecule has 1 amide bonds. The van der Waals surface area contributed by atoms with E-state index >= 15 is 0 Å². The lowest BCUT2D eigenvalue weighted by Crippen LogP contribution is -2.37. The van der Waals surface area contributed by atoms with Gasteiger partial charge in [0.15, 0.2) is 5.65 Å². The van der Waals surface area contributed by atoms with Gasteiger partial charge in [-0.05, 0) is 47.7 Å². The van der Waals surface area contributed by atoms with Gasteiger partial charge >= 0.3 is 0 Å². The van der Waals surface area contributed by atoms with Crippen molar-refractivity contribution in [3.05, 3.63) is 120 Å². The van der Waals surface area contributed by atoms with Crippen LogP contribution in [0.2, 0.25) is 0 Å². The maximum Gasteiger partial charge on any atom is 0.270 e. The summed E-state index contributed by atoms with van der Waals surface area (Å²) in [7, 11) is 0. The highest BCUT2D eigenvalue weighted by Gasteiger charge is 2.17. The molecule has 0 saturated carbocycles. The zero-order valence-corrected chi connectivity index (χ0v) is 20.3. The number of hydrogen-bond acceptors (Lipinski definition) is 5. The molecule has 5 aromatic rings. The molecule has 37 heavy (non-hydrogen) atoms. The normalized spacial score (nSPS) is 11.8. The molecule has 0 fully saturated rings. The van der Waals surface area contributed by atoms with Crippen molar-refractivity contribution >= 4 is 11.6 Å². The molecular weight excluding hydrogens is 464 g/mol. The third kappa shape index (κ3) is 6.02. The Hall–Kier alpha value is -4.49. The lowest BCUT2D eigenvalue weighted by atomic mass is 10.0. The molecule has 7 nitrogen and oxygen atoms in total. The zero-order chi connectivity index (χ0) is 25.5. The van der Waals surface area contributed by atoms with Crippen molar-refractivity contribution in [2.24, 2.45) is 0 Å². The van der Waals surface area contributed by atoms with Gasteiger partial charge in [0.05, 0.1) is 6.20 Å². The molecule has 1 atom stereocenters. The number of amides is 1. The summed E-state index contributed by atoms with van der Waals surface area (Å²) in [4.78, 5) is 17.7. The maximum atomic E-state index is 13.1. The lowest BCUT2D eigenvalue weighted by Gasteiger charge is -2.18. The van der Waals surface area contributed by atoms with Crippen LogP contribution in [0.3, 0.4) is 0 Å². The fraction of sp³-hybridized carbons (Fsp3) is 0.167. The van der Waals surface area contributed by atoms with Crippen LogP contribution in [0.1, 0.15) is 28.0 Å². The van der Waals surface area contributed by atoms with Crippen molar-refractivity contribution in [2.75, 3.05) is 6.61 Å². The second-order valence-electron chi connectivity index (χ2n) is 8.81. The summed E-state index contributed by atoms with van der Waals surface area (Å²) >= 11 is 0. The average Bonchev–Trinajstić information content (AvgIpc) is 3.37. The first-order valence-corrected chi connectivity index (χ1v) is 12.3. The van der Waals surface area contributed by atoms with E-state index in [1.807, 2.05) is 84.9 Å². The highest BCUT2D eigenvalue weighted by atomic mass is 16.5. The zero-order valence-electron chi connectivity index (χ0n) is 20.3. The molecule has 5 rings (SSSR count). The molecule has 0 saturated heterocycles. The predicted octanol–water partition coefficient (Wildman–Crippen LogP) is 4.70. The quantitative estimate of drug-likeness (QED) is 0.295. The maximum absolute atomic E-state index is 13.1. The molecule has 0 aliphatic heterocycles. The van der Waals surface area contributed by atoms with E-state index in [1.54, 1.807) is 23.0 Å². The van der Waals surface area contributed by atoms with E-state index in [1.165, 1.54) is 0 Å². The Labute approximate surface area is 215 Å². The third-order valence-corrected chi connectivity index (χ3v) is 6.15. The van der Waals surface area contributed by atoms with Crippen molar-refractivity contribution < 1.29 is 14.6 Å². The molecule has 2 aromatic heterocycles. The van der Waals surface area contributed by atoms with Gasteiger partial charge in [0.1, 0.15) is 18.1 Å². The Bertz CT molecular complexity index is 1450. The number of carbonyl (C=O) groups is 1. The fourth-order valence-electron chi connectivity index (χ4n) is 4.21. The largest absolute Gasteiger partial charge is 0.489 e. The minimum absolute atomic E-state index is 0.0118. The van der Waals surface area contributed by atoms with E-state index in [2.05, 4.69) is 15.4 Å². The number of ether oxygens (including phenoxy) is 1. The Morgan fingerprint density at radius 1 is 0.919 bits per heavy atom. The summed E-state index contributed by atoms with van der Waals surface area (Å²) in [6.45, 7) is 0.487. The first kappa shape index (κ1) is 24.2. The molecule has 2 heterocycles. The summed E-state index contributed by atoms with van der Waals surface area (Å²) in [6, 6.07) is 29.1. The van der Waals surface area contributed by atoms with Crippen LogP contribution in [0, 0.1) is 0 Å². The molecule has 0 aliphatic rings. The third-order valence-electron chi connectivity index (χ3n) is 6.15. The Kier molecular flexibility index (Phi) is 7.52. The minimum Gasteiger partial charge on any atom is -0.489 e. The monoisotopic (exact) mass is 492 g/mol. The topological polar surface area (TPSA) is 88.8 Å². The van der Waals surface area contributed by atoms with Crippen LogP contribution in [-0.2, 0) is 13.0 Å². The van der Waals surface area contributed by atoms with Crippen molar-refractivity contribution in [3.63, 3.8) is 0 Å². The van der Waals surface area contributed by atoms with Crippen LogP contribution in [0.4, 0.5) is 0 Å². The summed E-state index contributed by atoms with van der Waals surface area (Å²) < 4.78 is 7.55. The first-order valence-electron chi connectivity index (χ1n) is 12.3. The highest BCUT2D eigenvalue weighted by Crippen LogP contribution is 2.26. The van der Waals surface area contributed by atoms with Gasteiger partial charge in [0, 0.05) is 24.4 Å². The van der Waals surface area contributed by atoms with Gasteiger partial charge in [-0.1, -0.05) is 72.8 Å². The second kappa shape index (κ2) is 11.5. The van der Waals surface area contributed by atoms with Crippen LogP contribution < -0.4 is 10.1 Å². The number of nitrogens with one attached hydrogen (secondary N) is 1. The number of hydrogen-bond donors (Lipinski definition) is 2. The van der Waals surface area contributed by atoms with Gasteiger partial charge in [0.25, 0.3) is 5.91 Å². The standard InChI is InChI=1S/C30H28N4O3/c35-18-16-25(19-22-7-3-1-4-8-22)32-30(36)28-15-17-34-29(33-28)27(20-31-34)24-11-13-26(14-12-24)37-21-23-9-5-2-6-10-23/h1-15,17,20,25,35H,16,18-19,21H2,(H,32,36)/t25-/m0/s1. The van der Waals surface area contributed by atoms with Crippen molar-refractivity contribution in [3.8, 4) is 16.9 Å². The minimum atomic E-state index is -0.284. The van der Waals surface area contributed by atoms with Crippen LogP contribution in [0.5, 0.6) is 5.75 Å². The van der Waals surface area contributed by atoms with Crippen LogP contribution in [0.25, 0.3) is 16.8 Å². The molecule has 0 aliphatic carbocycles. The van der Waals surface area contributed by atoms with E-state index in [0.717, 1.165) is 28.0 Å². The van der Waals surface area contributed by atoms with E-state index in [4.69, 9.17) is 4.74 Å². The number of fused-ring (bicyclic) bond motifs is 1. The van der Waals surface area contributed by atoms with Crippen LogP contribution in [0.15, 0.2) is 103 Å². The van der Waals surface area contributed by atoms with E-state index in [-0.39, 0.29) is 18.6 Å². The van der Waals surface area contributed by atoms with E-state index in [9.17, 15) is 9.90 Å². The molecule has 2 N–H and O–H groups in total. The van der Waals surface area contributed by atoms with Crippen molar-refractivity contribution in [2.45, 2.75) is 25.5 Å². The Balaban J connectivity index is 1.31. The number of nitrogens with zero attached hydrogens (tertiary/aromatic N) is 3. The summed E-state index contributed by atoms with van der Waals surface area (Å²) in [5, 5.41) is 16.9. The molecule has 0 bridgehead atoms. The molecule has 0 radical (unpaired) electrons. The van der Waals surface area contributed by atoms with Gasteiger partial charge in [-0.3, -0.25) is 4.79 Å². The first-order chi connectivity index (χ1) is 18.2. The molecule has 0 unspecified atom stereocenters. The number of aromatic nitrogens is 3. The van der Waals surface area contributed by atoms with Crippen LogP contribution in [-0.4, -0.2) is 38.3 Å². The SMILES string of the molecule is O=C(N[C@@H](CCO)Cc1ccccc1)c1ccn2ncc(-c3ccc(OCc4ccccc4)cc3)c2n1. The summed E-state index contributed by atoms with van der Waals surface area (Å²) in [6.07, 6.45) is 4.57. The summed E-state index contributed by atoms with van der Waals surface area (Å²) in [5.41, 5.74) is 4.84. The van der Waals surface area contributed by atoms with Gasteiger partial charge in [-0.2, -0.15) is 5.10 Å². The van der Waals surface area contributed by atoms with Gasteiger partial charge in [0.2, 0.25) is 0 Å². The van der Waals surface area contributed by atoms with Crippen molar-refractivity contribution in [1.29, 1.82) is 0 Å². The predicted molar refractivity (Wildman–Crippen MR) is 142 cm³/mol. The molecule has 7 heteroatoms. The van der Waals surface area contributed by atoms with Gasteiger partial charge < -0.3 is 15.2 Å². The average molecular weight is 493 g/mol. The molecule has 3 aromatic carbocycles. The van der Waals surface area contributed by atoms with Gasteiger partial charge in [-0.15, -0.1) is 0 Å². The number of rotatable bonds is 10. The van der Waals surface area contributed by atoms with E-state index < -0.39 is 0 Å². The number of benzene rings is 3. The Morgan fingerprint density at radius 2 is 1.62 bits per heavy atom. The van der Waals surface area contributed by atoms with Crippen LogP contribution >= 0.6 is 0 Å². The number of carbonyl (C=O) groups excluding carboxylic acids is 1. The van der Waals surface area contributed by atoms with Gasteiger partial charge in [-0.25, -0.2) is 9.50 Å². The highest BCUT2D eigenvalue weighted by molar-refractivity contribution is 5.93.